The molecule has 0 radical (unpaired) electrons. The number of benzene rings is 1. The first-order valence-electron chi connectivity index (χ1n) is 4.70. The molecule has 0 amide bonds. The first-order chi connectivity index (χ1) is 7.24. The SMILES string of the molecule is N#CC(N)CCSCc1ccccc1Cl. The molecule has 4 heteroatoms. The molecule has 2 N–H and O–H groups in total. The van der Waals surface area contributed by atoms with Crippen LogP contribution in [0.1, 0.15) is 12.0 Å². The smallest absolute Gasteiger partial charge is 0.0935 e. The molecule has 1 rings (SSSR count). The molecule has 0 aromatic heterocycles. The maximum atomic E-state index is 8.49. The lowest BCUT2D eigenvalue weighted by molar-refractivity contribution is 0.803. The van der Waals surface area contributed by atoms with E-state index in [0.717, 1.165) is 28.5 Å². The van der Waals surface area contributed by atoms with Crippen molar-refractivity contribution in [3.63, 3.8) is 0 Å². The monoisotopic (exact) mass is 240 g/mol. The Morgan fingerprint density at radius 1 is 1.47 bits per heavy atom. The van der Waals surface area contributed by atoms with Gasteiger partial charge in [0.15, 0.2) is 0 Å². The van der Waals surface area contributed by atoms with Gasteiger partial charge in [0.25, 0.3) is 0 Å². The number of nitriles is 1. The Kier molecular flexibility index (Phi) is 5.56. The molecule has 1 aromatic rings. The van der Waals surface area contributed by atoms with Crippen LogP contribution in [0.15, 0.2) is 24.3 Å². The van der Waals surface area contributed by atoms with Crippen LogP contribution in [0.2, 0.25) is 5.02 Å². The molecule has 80 valence electrons. The highest BCUT2D eigenvalue weighted by molar-refractivity contribution is 7.98. The van der Waals surface area contributed by atoms with Crippen molar-refractivity contribution in [1.82, 2.24) is 0 Å². The summed E-state index contributed by atoms with van der Waals surface area (Å²) in [7, 11) is 0. The summed E-state index contributed by atoms with van der Waals surface area (Å²) in [6, 6.07) is 9.46. The summed E-state index contributed by atoms with van der Waals surface area (Å²) in [6.45, 7) is 0. The van der Waals surface area contributed by atoms with Gasteiger partial charge in [-0.2, -0.15) is 17.0 Å². The van der Waals surface area contributed by atoms with Gasteiger partial charge in [-0.1, -0.05) is 29.8 Å². The maximum Gasteiger partial charge on any atom is 0.0935 e. The van der Waals surface area contributed by atoms with Crippen molar-refractivity contribution in [1.29, 1.82) is 5.26 Å². The number of nitrogens with zero attached hydrogens (tertiary/aromatic N) is 1. The number of hydrogen-bond acceptors (Lipinski definition) is 3. The van der Waals surface area contributed by atoms with E-state index in [9.17, 15) is 0 Å². The van der Waals surface area contributed by atoms with Crippen molar-refractivity contribution >= 4 is 23.4 Å². The van der Waals surface area contributed by atoms with E-state index in [4.69, 9.17) is 22.6 Å². The minimum atomic E-state index is -0.344. The molecule has 0 fully saturated rings. The van der Waals surface area contributed by atoms with Crippen LogP contribution in [0.5, 0.6) is 0 Å². The highest BCUT2D eigenvalue weighted by Crippen LogP contribution is 2.21. The molecule has 1 atom stereocenters. The lowest BCUT2D eigenvalue weighted by Gasteiger charge is -2.04. The zero-order chi connectivity index (χ0) is 11.1. The molecule has 15 heavy (non-hydrogen) atoms. The first kappa shape index (κ1) is 12.4. The Morgan fingerprint density at radius 2 is 2.20 bits per heavy atom. The normalized spacial score (nSPS) is 12.1. The van der Waals surface area contributed by atoms with Crippen molar-refractivity contribution in [2.75, 3.05) is 5.75 Å². The van der Waals surface area contributed by atoms with E-state index in [1.165, 1.54) is 0 Å². The minimum absolute atomic E-state index is 0.344. The van der Waals surface area contributed by atoms with E-state index in [1.807, 2.05) is 30.3 Å². The first-order valence-corrected chi connectivity index (χ1v) is 6.23. The average Bonchev–Trinajstić information content (AvgIpc) is 2.26. The lowest BCUT2D eigenvalue weighted by atomic mass is 10.2. The average molecular weight is 241 g/mol. The number of nitrogens with two attached hydrogens (primary N) is 1. The van der Waals surface area contributed by atoms with E-state index in [-0.39, 0.29) is 6.04 Å². The van der Waals surface area contributed by atoms with Crippen molar-refractivity contribution < 1.29 is 0 Å². The van der Waals surface area contributed by atoms with Crippen LogP contribution >= 0.6 is 23.4 Å². The van der Waals surface area contributed by atoms with Gasteiger partial charge >= 0.3 is 0 Å². The topological polar surface area (TPSA) is 49.8 Å². The Labute approximate surface area is 99.4 Å². The van der Waals surface area contributed by atoms with Crippen LogP contribution in [-0.4, -0.2) is 11.8 Å². The fourth-order valence-corrected chi connectivity index (χ4v) is 2.39. The summed E-state index contributed by atoms with van der Waals surface area (Å²) in [5, 5.41) is 9.29. The maximum absolute atomic E-state index is 8.49. The standard InChI is InChI=1S/C11H13ClN2S/c12-11-4-2-1-3-9(11)8-15-6-5-10(14)7-13/h1-4,10H,5-6,8,14H2. The summed E-state index contributed by atoms with van der Waals surface area (Å²) >= 11 is 7.75. The van der Waals surface area contributed by atoms with Crippen LogP contribution < -0.4 is 5.73 Å². The summed E-state index contributed by atoms with van der Waals surface area (Å²) < 4.78 is 0. The van der Waals surface area contributed by atoms with E-state index in [0.29, 0.717) is 0 Å². The van der Waals surface area contributed by atoms with Crippen molar-refractivity contribution in [3.8, 4) is 6.07 Å². The van der Waals surface area contributed by atoms with Gasteiger partial charge in [0.05, 0.1) is 12.1 Å². The summed E-state index contributed by atoms with van der Waals surface area (Å²) in [5.41, 5.74) is 6.62. The van der Waals surface area contributed by atoms with Gasteiger partial charge in [0.1, 0.15) is 0 Å². The molecule has 0 saturated heterocycles. The Hall–Kier alpha value is -0.690. The minimum Gasteiger partial charge on any atom is -0.316 e. The van der Waals surface area contributed by atoms with Gasteiger partial charge < -0.3 is 5.73 Å². The molecule has 0 saturated carbocycles. The zero-order valence-electron chi connectivity index (χ0n) is 8.32. The van der Waals surface area contributed by atoms with Gasteiger partial charge in [-0.25, -0.2) is 0 Å². The highest BCUT2D eigenvalue weighted by Gasteiger charge is 2.01. The van der Waals surface area contributed by atoms with E-state index >= 15 is 0 Å². The van der Waals surface area contributed by atoms with Crippen molar-refractivity contribution in [2.45, 2.75) is 18.2 Å². The number of hydrogen-bond donors (Lipinski definition) is 1. The molecule has 1 aromatic carbocycles. The van der Waals surface area contributed by atoms with Crippen molar-refractivity contribution in [2.24, 2.45) is 5.73 Å². The molecular formula is C11H13ClN2S. The third-order valence-corrected chi connectivity index (χ3v) is 3.36. The zero-order valence-corrected chi connectivity index (χ0v) is 9.89. The second-order valence-electron chi connectivity index (χ2n) is 3.17. The molecule has 0 spiro atoms. The molecule has 0 heterocycles. The molecule has 0 bridgehead atoms. The Balaban J connectivity index is 2.27. The van der Waals surface area contributed by atoms with Crippen LogP contribution in [0.4, 0.5) is 0 Å². The van der Waals surface area contributed by atoms with Crippen molar-refractivity contribution in [3.05, 3.63) is 34.9 Å². The number of thioether (sulfide) groups is 1. The van der Waals surface area contributed by atoms with Gasteiger partial charge in [-0.15, -0.1) is 0 Å². The van der Waals surface area contributed by atoms with Crippen LogP contribution in [0.3, 0.4) is 0 Å². The lowest BCUT2D eigenvalue weighted by Crippen LogP contribution is -2.17. The molecule has 0 aliphatic heterocycles. The second kappa shape index (κ2) is 6.73. The predicted molar refractivity (Wildman–Crippen MR) is 65.8 cm³/mol. The predicted octanol–water partition coefficient (Wildman–Crippen LogP) is 2.81. The van der Waals surface area contributed by atoms with Gasteiger partial charge in [0, 0.05) is 10.8 Å². The number of rotatable bonds is 5. The van der Waals surface area contributed by atoms with E-state index in [1.54, 1.807) is 11.8 Å². The third kappa shape index (κ3) is 4.57. The molecule has 1 unspecified atom stereocenters. The Bertz CT molecular complexity index is 349. The Morgan fingerprint density at radius 3 is 2.87 bits per heavy atom. The number of halogens is 1. The molecule has 0 aliphatic rings. The summed E-state index contributed by atoms with van der Waals surface area (Å²) in [6.07, 6.45) is 0.728. The van der Waals surface area contributed by atoms with E-state index in [2.05, 4.69) is 0 Å². The van der Waals surface area contributed by atoms with Crippen LogP contribution in [0, 0.1) is 11.3 Å². The largest absolute Gasteiger partial charge is 0.316 e. The highest BCUT2D eigenvalue weighted by atomic mass is 35.5. The molecule has 2 nitrogen and oxygen atoms in total. The fourth-order valence-electron chi connectivity index (χ4n) is 1.07. The summed E-state index contributed by atoms with van der Waals surface area (Å²) in [4.78, 5) is 0. The molecular weight excluding hydrogens is 228 g/mol. The third-order valence-electron chi connectivity index (χ3n) is 1.95. The van der Waals surface area contributed by atoms with Gasteiger partial charge in [0.2, 0.25) is 0 Å². The van der Waals surface area contributed by atoms with Crippen LogP contribution in [-0.2, 0) is 5.75 Å². The summed E-state index contributed by atoms with van der Waals surface area (Å²) in [5.74, 6) is 1.76. The van der Waals surface area contributed by atoms with Crippen LogP contribution in [0.25, 0.3) is 0 Å². The fraction of sp³-hybridized carbons (Fsp3) is 0.364. The van der Waals surface area contributed by atoms with Gasteiger partial charge in [-0.05, 0) is 23.8 Å². The molecule has 0 aliphatic carbocycles. The second-order valence-corrected chi connectivity index (χ2v) is 4.68. The van der Waals surface area contributed by atoms with Gasteiger partial charge in [-0.3, -0.25) is 0 Å². The van der Waals surface area contributed by atoms with E-state index < -0.39 is 0 Å². The quantitative estimate of drug-likeness (QED) is 0.806.